The van der Waals surface area contributed by atoms with Gasteiger partial charge in [-0.3, -0.25) is 0 Å². The molecule has 0 atom stereocenters. The molecule has 3 aromatic rings. The van der Waals surface area contributed by atoms with Crippen molar-refractivity contribution in [1.29, 1.82) is 0 Å². The highest BCUT2D eigenvalue weighted by molar-refractivity contribution is 5.81. The zero-order valence-corrected chi connectivity index (χ0v) is 12.8. The highest BCUT2D eigenvalue weighted by Crippen LogP contribution is 2.25. The van der Waals surface area contributed by atoms with E-state index >= 15 is 0 Å². The van der Waals surface area contributed by atoms with E-state index < -0.39 is 0 Å². The van der Waals surface area contributed by atoms with E-state index in [1.807, 2.05) is 78.9 Å². The predicted octanol–water partition coefficient (Wildman–Crippen LogP) is 5.73. The molecule has 0 aromatic heterocycles. The van der Waals surface area contributed by atoms with Gasteiger partial charge in [0.2, 0.25) is 0 Å². The van der Waals surface area contributed by atoms with Crippen molar-refractivity contribution >= 4 is 24.3 Å². The number of benzene rings is 3. The number of aromatic hydroxyl groups is 1. The van der Waals surface area contributed by atoms with Crippen molar-refractivity contribution in [3.8, 4) is 5.75 Å². The van der Waals surface area contributed by atoms with Crippen LogP contribution in [-0.4, -0.2) is 5.11 Å². The van der Waals surface area contributed by atoms with E-state index in [4.69, 9.17) is 0 Å². The molecule has 0 aliphatic rings. The Kier molecular flexibility index (Phi) is 4.70. The van der Waals surface area contributed by atoms with Gasteiger partial charge in [0.1, 0.15) is 5.75 Å². The average molecular weight is 298 g/mol. The Labute approximate surface area is 136 Å². The van der Waals surface area contributed by atoms with Crippen molar-refractivity contribution in [2.75, 3.05) is 0 Å². The first-order chi connectivity index (χ1) is 11.3. The summed E-state index contributed by atoms with van der Waals surface area (Å²) in [6, 6.07) is 25.8. The molecule has 3 rings (SSSR count). The van der Waals surface area contributed by atoms with E-state index in [0.29, 0.717) is 0 Å². The van der Waals surface area contributed by atoms with Gasteiger partial charge >= 0.3 is 0 Å². The molecule has 0 spiro atoms. The first-order valence-electron chi connectivity index (χ1n) is 7.61. The maximum atomic E-state index is 10.2. The highest BCUT2D eigenvalue weighted by Gasteiger charge is 2.02. The van der Waals surface area contributed by atoms with Gasteiger partial charge in [0.05, 0.1) is 0 Å². The van der Waals surface area contributed by atoms with Crippen molar-refractivity contribution < 1.29 is 5.11 Å². The summed E-state index contributed by atoms with van der Waals surface area (Å²) in [4.78, 5) is 0. The third-order valence-electron chi connectivity index (χ3n) is 3.61. The molecule has 0 amide bonds. The summed E-state index contributed by atoms with van der Waals surface area (Å²) in [5.41, 5.74) is 4.05. The lowest BCUT2D eigenvalue weighted by atomic mass is 10.0. The second kappa shape index (κ2) is 7.28. The number of phenols is 1. The highest BCUT2D eigenvalue weighted by atomic mass is 16.3. The molecule has 0 radical (unpaired) electrons. The molecule has 1 heteroatoms. The van der Waals surface area contributed by atoms with Gasteiger partial charge in [0.25, 0.3) is 0 Å². The molecule has 0 saturated heterocycles. The normalized spacial score (nSPS) is 11.3. The summed E-state index contributed by atoms with van der Waals surface area (Å²) in [5, 5.41) is 10.2. The monoisotopic (exact) mass is 298 g/mol. The third kappa shape index (κ3) is 3.98. The molecule has 1 N–H and O–H groups in total. The zero-order valence-electron chi connectivity index (χ0n) is 12.8. The topological polar surface area (TPSA) is 20.2 Å². The Morgan fingerprint density at radius 1 is 0.522 bits per heavy atom. The largest absolute Gasteiger partial charge is 0.507 e. The van der Waals surface area contributed by atoms with Gasteiger partial charge in [-0.05, 0) is 22.8 Å². The van der Waals surface area contributed by atoms with Crippen molar-refractivity contribution in [2.45, 2.75) is 0 Å². The summed E-state index contributed by atoms with van der Waals surface area (Å²) >= 11 is 0. The van der Waals surface area contributed by atoms with Gasteiger partial charge in [-0.2, -0.15) is 0 Å². The van der Waals surface area contributed by atoms with Gasteiger partial charge in [-0.1, -0.05) is 97.1 Å². The minimum atomic E-state index is 0.285. The van der Waals surface area contributed by atoms with E-state index in [-0.39, 0.29) is 5.75 Å². The lowest BCUT2D eigenvalue weighted by Gasteiger charge is -2.04. The van der Waals surface area contributed by atoms with Crippen LogP contribution in [0.5, 0.6) is 5.75 Å². The standard InChI is InChI=1S/C22H18O/c23-22-13-7-12-20(16-14-18-8-3-1-4-9-18)21(22)17-15-19-10-5-2-6-11-19/h1-17,23H/b16-14+,17-15+. The SMILES string of the molecule is Oc1cccc(/C=C/c2ccccc2)c1/C=C/c1ccccc1. The van der Waals surface area contributed by atoms with Gasteiger partial charge < -0.3 is 5.11 Å². The van der Waals surface area contributed by atoms with Crippen LogP contribution in [0.25, 0.3) is 24.3 Å². The molecular formula is C22H18O. The Bertz CT molecular complexity index is 815. The molecule has 0 heterocycles. The van der Waals surface area contributed by atoms with Crippen LogP contribution in [0.2, 0.25) is 0 Å². The van der Waals surface area contributed by atoms with Crippen LogP contribution >= 0.6 is 0 Å². The lowest BCUT2D eigenvalue weighted by molar-refractivity contribution is 0.474. The number of hydrogen-bond acceptors (Lipinski definition) is 1. The Balaban J connectivity index is 1.91. The lowest BCUT2D eigenvalue weighted by Crippen LogP contribution is -1.82. The number of hydrogen-bond donors (Lipinski definition) is 1. The molecular weight excluding hydrogens is 280 g/mol. The fourth-order valence-corrected chi connectivity index (χ4v) is 2.39. The summed E-state index contributed by atoms with van der Waals surface area (Å²) < 4.78 is 0. The van der Waals surface area contributed by atoms with Crippen LogP contribution in [0.15, 0.2) is 78.9 Å². The maximum Gasteiger partial charge on any atom is 0.123 e. The quantitative estimate of drug-likeness (QED) is 0.609. The Morgan fingerprint density at radius 3 is 1.70 bits per heavy atom. The zero-order chi connectivity index (χ0) is 15.9. The first-order valence-corrected chi connectivity index (χ1v) is 7.61. The third-order valence-corrected chi connectivity index (χ3v) is 3.61. The maximum absolute atomic E-state index is 10.2. The molecule has 0 fully saturated rings. The molecule has 0 bridgehead atoms. The van der Waals surface area contributed by atoms with Crippen molar-refractivity contribution in [1.82, 2.24) is 0 Å². The van der Waals surface area contributed by atoms with Crippen molar-refractivity contribution in [3.05, 3.63) is 101 Å². The van der Waals surface area contributed by atoms with Gasteiger partial charge in [0.15, 0.2) is 0 Å². The molecule has 0 unspecified atom stereocenters. The smallest absolute Gasteiger partial charge is 0.123 e. The second-order valence-electron chi connectivity index (χ2n) is 5.27. The van der Waals surface area contributed by atoms with Crippen molar-refractivity contribution in [2.24, 2.45) is 0 Å². The van der Waals surface area contributed by atoms with Crippen LogP contribution in [0.3, 0.4) is 0 Å². The van der Waals surface area contributed by atoms with Crippen LogP contribution < -0.4 is 0 Å². The fraction of sp³-hybridized carbons (Fsp3) is 0. The summed E-state index contributed by atoms with van der Waals surface area (Å²) in [6.07, 6.45) is 8.04. The van der Waals surface area contributed by atoms with E-state index in [9.17, 15) is 5.11 Å². The second-order valence-corrected chi connectivity index (χ2v) is 5.27. The van der Waals surface area contributed by atoms with Crippen LogP contribution in [0, 0.1) is 0 Å². The van der Waals surface area contributed by atoms with Crippen LogP contribution in [0.1, 0.15) is 22.3 Å². The number of phenolic OH excluding ortho intramolecular Hbond substituents is 1. The predicted molar refractivity (Wildman–Crippen MR) is 98.8 cm³/mol. The Hall–Kier alpha value is -3.06. The number of rotatable bonds is 4. The van der Waals surface area contributed by atoms with Crippen LogP contribution in [-0.2, 0) is 0 Å². The molecule has 0 aliphatic carbocycles. The van der Waals surface area contributed by atoms with Gasteiger partial charge in [-0.25, -0.2) is 0 Å². The average Bonchev–Trinajstić information content (AvgIpc) is 2.61. The molecule has 112 valence electrons. The minimum Gasteiger partial charge on any atom is -0.507 e. The molecule has 1 nitrogen and oxygen atoms in total. The molecule has 0 aliphatic heterocycles. The fourth-order valence-electron chi connectivity index (χ4n) is 2.39. The van der Waals surface area contributed by atoms with E-state index in [1.165, 1.54) is 0 Å². The van der Waals surface area contributed by atoms with Crippen molar-refractivity contribution in [3.63, 3.8) is 0 Å². The summed E-state index contributed by atoms with van der Waals surface area (Å²) in [6.45, 7) is 0. The molecule has 23 heavy (non-hydrogen) atoms. The Morgan fingerprint density at radius 2 is 1.09 bits per heavy atom. The minimum absolute atomic E-state index is 0.285. The first kappa shape index (κ1) is 14.9. The van der Waals surface area contributed by atoms with Gasteiger partial charge in [-0.15, -0.1) is 0 Å². The molecule has 3 aromatic carbocycles. The van der Waals surface area contributed by atoms with E-state index in [0.717, 1.165) is 22.3 Å². The summed E-state index contributed by atoms with van der Waals surface area (Å²) in [5.74, 6) is 0.285. The summed E-state index contributed by atoms with van der Waals surface area (Å²) in [7, 11) is 0. The van der Waals surface area contributed by atoms with E-state index in [1.54, 1.807) is 6.07 Å². The molecule has 0 saturated carbocycles. The van der Waals surface area contributed by atoms with Crippen LogP contribution in [0.4, 0.5) is 0 Å². The van der Waals surface area contributed by atoms with Gasteiger partial charge in [0, 0.05) is 5.56 Å². The van der Waals surface area contributed by atoms with E-state index in [2.05, 4.69) is 18.2 Å².